The molecule has 1 aliphatic heterocycles. The molecule has 3 rings (SSSR count). The lowest BCUT2D eigenvalue weighted by atomic mass is 9.93. The van der Waals surface area contributed by atoms with Crippen molar-refractivity contribution in [3.63, 3.8) is 0 Å². The molecule has 2 aromatic rings. The molecule has 5 nitrogen and oxygen atoms in total. The van der Waals surface area contributed by atoms with Gasteiger partial charge in [0, 0.05) is 18.8 Å². The molecule has 1 N–H and O–H groups in total. The van der Waals surface area contributed by atoms with Crippen molar-refractivity contribution in [2.24, 2.45) is 0 Å². The Labute approximate surface area is 146 Å². The van der Waals surface area contributed by atoms with Gasteiger partial charge in [0.1, 0.15) is 0 Å². The lowest BCUT2D eigenvalue weighted by molar-refractivity contribution is -0.129. The van der Waals surface area contributed by atoms with E-state index in [2.05, 4.69) is 5.32 Å². The molecule has 5 heteroatoms. The highest BCUT2D eigenvalue weighted by Crippen LogP contribution is 2.33. The van der Waals surface area contributed by atoms with E-state index in [0.29, 0.717) is 11.3 Å². The van der Waals surface area contributed by atoms with Crippen LogP contribution in [-0.4, -0.2) is 16.7 Å². The number of carbonyl (C=O) groups excluding carboxylic acids is 2. The van der Waals surface area contributed by atoms with Crippen molar-refractivity contribution >= 4 is 23.6 Å². The molecule has 0 aromatic heterocycles. The Bertz CT molecular complexity index is 879. The number of anilines is 1. The van der Waals surface area contributed by atoms with Crippen LogP contribution in [0.2, 0.25) is 0 Å². The normalized spacial score (nSPS) is 15.2. The molecule has 0 fully saturated rings. The Balaban J connectivity index is 1.79. The third kappa shape index (κ3) is 3.59. The first-order valence-electron chi connectivity index (χ1n) is 7.94. The zero-order valence-electron chi connectivity index (χ0n) is 13.8. The van der Waals surface area contributed by atoms with Gasteiger partial charge < -0.3 is 10.2 Å². The smallest absolute Gasteiger partial charge is 0.226 e. The van der Waals surface area contributed by atoms with Crippen LogP contribution in [0.25, 0.3) is 6.08 Å². The predicted molar refractivity (Wildman–Crippen MR) is 95.1 cm³/mol. The summed E-state index contributed by atoms with van der Waals surface area (Å²) in [4.78, 5) is 26.0. The fraction of sp³-hybridized carbons (Fsp3) is 0.150. The molecule has 1 heterocycles. The first-order chi connectivity index (χ1) is 12.1. The van der Waals surface area contributed by atoms with Crippen LogP contribution in [0.3, 0.4) is 0 Å². The molecular weight excluding hydrogens is 314 g/mol. The SMILES string of the molecule is CC(=O)N1C=Cc2ccccc2C1CC(=O)Nc1ccc(C#N)cc1. The number of nitrogens with zero attached hydrogens (tertiary/aromatic N) is 2. The number of fused-ring (bicyclic) bond motifs is 1. The molecule has 2 amide bonds. The van der Waals surface area contributed by atoms with Crippen molar-refractivity contribution in [1.82, 2.24) is 4.90 Å². The third-order valence-corrected chi connectivity index (χ3v) is 4.15. The van der Waals surface area contributed by atoms with Crippen molar-refractivity contribution in [2.75, 3.05) is 5.32 Å². The minimum absolute atomic E-state index is 0.109. The molecule has 0 radical (unpaired) electrons. The summed E-state index contributed by atoms with van der Waals surface area (Å²) in [6, 6.07) is 16.1. The van der Waals surface area contributed by atoms with Crippen LogP contribution in [0.4, 0.5) is 5.69 Å². The van der Waals surface area contributed by atoms with Crippen LogP contribution >= 0.6 is 0 Å². The largest absolute Gasteiger partial charge is 0.326 e. The fourth-order valence-corrected chi connectivity index (χ4v) is 2.93. The molecule has 0 spiro atoms. The summed E-state index contributed by atoms with van der Waals surface area (Å²) in [5.74, 6) is -0.298. The quantitative estimate of drug-likeness (QED) is 0.936. The standard InChI is InChI=1S/C20H17N3O2/c1-14(24)23-11-10-16-4-2-3-5-18(16)19(23)12-20(25)22-17-8-6-15(13-21)7-9-17/h2-11,19H,12H2,1H3,(H,22,25). The van der Waals surface area contributed by atoms with E-state index in [1.807, 2.05) is 36.4 Å². The summed E-state index contributed by atoms with van der Waals surface area (Å²) in [5.41, 5.74) is 3.12. The lowest BCUT2D eigenvalue weighted by Gasteiger charge is -2.32. The first kappa shape index (κ1) is 16.5. The number of benzene rings is 2. The maximum atomic E-state index is 12.5. The number of rotatable bonds is 3. The summed E-state index contributed by atoms with van der Waals surface area (Å²) in [5, 5.41) is 11.6. The van der Waals surface area contributed by atoms with Gasteiger partial charge in [0.25, 0.3) is 0 Å². The van der Waals surface area contributed by atoms with E-state index in [4.69, 9.17) is 5.26 Å². The molecule has 1 atom stereocenters. The van der Waals surface area contributed by atoms with Crippen LogP contribution in [-0.2, 0) is 9.59 Å². The Morgan fingerprint density at radius 2 is 1.88 bits per heavy atom. The van der Waals surface area contributed by atoms with E-state index < -0.39 is 0 Å². The lowest BCUT2D eigenvalue weighted by Crippen LogP contribution is -2.33. The monoisotopic (exact) mass is 331 g/mol. The zero-order valence-corrected chi connectivity index (χ0v) is 13.8. The van der Waals surface area contributed by atoms with Crippen molar-refractivity contribution in [3.8, 4) is 6.07 Å². The predicted octanol–water partition coefficient (Wildman–Crippen LogP) is 3.46. The van der Waals surface area contributed by atoms with Gasteiger partial charge in [-0.15, -0.1) is 0 Å². The number of nitrogens with one attached hydrogen (secondary N) is 1. The third-order valence-electron chi connectivity index (χ3n) is 4.15. The Hall–Kier alpha value is -3.39. The highest BCUT2D eigenvalue weighted by Gasteiger charge is 2.28. The highest BCUT2D eigenvalue weighted by atomic mass is 16.2. The van der Waals surface area contributed by atoms with Gasteiger partial charge in [-0.05, 0) is 41.5 Å². The second-order valence-corrected chi connectivity index (χ2v) is 5.83. The van der Waals surface area contributed by atoms with Gasteiger partial charge in [-0.2, -0.15) is 5.26 Å². The van der Waals surface area contributed by atoms with Crippen molar-refractivity contribution in [2.45, 2.75) is 19.4 Å². The summed E-state index contributed by atoms with van der Waals surface area (Å²) < 4.78 is 0. The Morgan fingerprint density at radius 3 is 2.56 bits per heavy atom. The molecule has 25 heavy (non-hydrogen) atoms. The first-order valence-corrected chi connectivity index (χ1v) is 7.94. The van der Waals surface area contributed by atoms with Crippen molar-refractivity contribution in [3.05, 3.63) is 71.4 Å². The van der Waals surface area contributed by atoms with Gasteiger partial charge in [0.15, 0.2) is 0 Å². The maximum Gasteiger partial charge on any atom is 0.226 e. The molecule has 0 saturated heterocycles. The molecule has 1 unspecified atom stereocenters. The maximum absolute atomic E-state index is 12.5. The minimum atomic E-state index is -0.336. The zero-order chi connectivity index (χ0) is 17.8. The number of amides is 2. The second-order valence-electron chi connectivity index (χ2n) is 5.83. The van der Waals surface area contributed by atoms with E-state index in [0.717, 1.165) is 11.1 Å². The van der Waals surface area contributed by atoms with Crippen LogP contribution in [0.1, 0.15) is 36.1 Å². The van der Waals surface area contributed by atoms with Crippen LogP contribution in [0.5, 0.6) is 0 Å². The van der Waals surface area contributed by atoms with Gasteiger partial charge in [0.2, 0.25) is 11.8 Å². The van der Waals surface area contributed by atoms with E-state index in [9.17, 15) is 9.59 Å². The number of hydrogen-bond acceptors (Lipinski definition) is 3. The van der Waals surface area contributed by atoms with Gasteiger partial charge in [-0.1, -0.05) is 24.3 Å². The molecule has 0 bridgehead atoms. The van der Waals surface area contributed by atoms with Crippen molar-refractivity contribution < 1.29 is 9.59 Å². The number of hydrogen-bond donors (Lipinski definition) is 1. The highest BCUT2D eigenvalue weighted by molar-refractivity contribution is 5.92. The van der Waals surface area contributed by atoms with Gasteiger partial charge in [-0.25, -0.2) is 0 Å². The second kappa shape index (κ2) is 7.02. The molecule has 1 aliphatic rings. The molecule has 2 aromatic carbocycles. The molecule has 124 valence electrons. The van der Waals surface area contributed by atoms with E-state index in [1.54, 1.807) is 35.4 Å². The average Bonchev–Trinajstić information content (AvgIpc) is 2.62. The van der Waals surface area contributed by atoms with Crippen LogP contribution in [0, 0.1) is 11.3 Å². The molecule has 0 aliphatic carbocycles. The fourth-order valence-electron chi connectivity index (χ4n) is 2.93. The van der Waals surface area contributed by atoms with Crippen LogP contribution in [0.15, 0.2) is 54.7 Å². The van der Waals surface area contributed by atoms with E-state index in [1.165, 1.54) is 6.92 Å². The van der Waals surface area contributed by atoms with Crippen LogP contribution < -0.4 is 5.32 Å². The number of nitriles is 1. The van der Waals surface area contributed by atoms with Gasteiger partial charge in [-0.3, -0.25) is 9.59 Å². The summed E-state index contributed by atoms with van der Waals surface area (Å²) in [7, 11) is 0. The topological polar surface area (TPSA) is 73.2 Å². The van der Waals surface area contributed by atoms with Gasteiger partial charge in [0.05, 0.1) is 24.1 Å². The van der Waals surface area contributed by atoms with Crippen molar-refractivity contribution in [1.29, 1.82) is 5.26 Å². The van der Waals surface area contributed by atoms with Gasteiger partial charge >= 0.3 is 0 Å². The molecular formula is C20H17N3O2. The van der Waals surface area contributed by atoms with E-state index >= 15 is 0 Å². The summed E-state index contributed by atoms with van der Waals surface area (Å²) in [6.07, 6.45) is 3.76. The summed E-state index contributed by atoms with van der Waals surface area (Å²) in [6.45, 7) is 1.49. The molecule has 0 saturated carbocycles. The minimum Gasteiger partial charge on any atom is -0.326 e. The Morgan fingerprint density at radius 1 is 1.16 bits per heavy atom. The van der Waals surface area contributed by atoms with E-state index in [-0.39, 0.29) is 24.3 Å². The number of carbonyl (C=O) groups is 2. The summed E-state index contributed by atoms with van der Waals surface area (Å²) >= 11 is 0. The Kier molecular flexibility index (Phi) is 4.62. The average molecular weight is 331 g/mol.